The molecule has 0 radical (unpaired) electrons. The highest BCUT2D eigenvalue weighted by molar-refractivity contribution is 5.99. The van der Waals surface area contributed by atoms with Gasteiger partial charge in [0.15, 0.2) is 0 Å². The molecule has 4 rings (SSSR count). The van der Waals surface area contributed by atoms with Crippen molar-refractivity contribution >= 4 is 11.9 Å². The van der Waals surface area contributed by atoms with Gasteiger partial charge >= 0.3 is 0 Å². The Morgan fingerprint density at radius 2 is 1.96 bits per heavy atom. The van der Waals surface area contributed by atoms with Crippen molar-refractivity contribution in [3.63, 3.8) is 0 Å². The molecule has 1 saturated heterocycles. The fourth-order valence-electron chi connectivity index (χ4n) is 4.38. The molecule has 1 aliphatic carbocycles. The van der Waals surface area contributed by atoms with Crippen molar-refractivity contribution in [1.82, 2.24) is 14.9 Å². The fraction of sp³-hybridized carbons (Fsp3) is 0.500. The summed E-state index contributed by atoms with van der Waals surface area (Å²) < 4.78 is 5.99. The smallest absolute Gasteiger partial charge is 0.257 e. The van der Waals surface area contributed by atoms with Crippen molar-refractivity contribution in [3.05, 3.63) is 42.1 Å². The average Bonchev–Trinajstić information content (AvgIpc) is 2.75. The second kappa shape index (κ2) is 8.69. The molecule has 1 atom stereocenters. The Labute approximate surface area is 166 Å². The molecule has 2 heterocycles. The highest BCUT2D eigenvalue weighted by atomic mass is 16.5. The van der Waals surface area contributed by atoms with Crippen molar-refractivity contribution < 1.29 is 9.53 Å². The molecule has 1 aromatic heterocycles. The molecule has 0 spiro atoms. The molecule has 2 N–H and O–H groups in total. The molecule has 1 aliphatic heterocycles. The van der Waals surface area contributed by atoms with Crippen molar-refractivity contribution in [1.29, 1.82) is 0 Å². The maximum Gasteiger partial charge on any atom is 0.257 e. The zero-order valence-electron chi connectivity index (χ0n) is 16.2. The summed E-state index contributed by atoms with van der Waals surface area (Å²) in [7, 11) is 0. The van der Waals surface area contributed by atoms with Crippen LogP contribution < -0.4 is 5.73 Å². The van der Waals surface area contributed by atoms with Gasteiger partial charge in [-0.1, -0.05) is 62.4 Å². The molecular weight excluding hydrogens is 352 g/mol. The quantitative estimate of drug-likeness (QED) is 0.877. The van der Waals surface area contributed by atoms with Gasteiger partial charge in [0.05, 0.1) is 24.0 Å². The number of anilines is 1. The van der Waals surface area contributed by atoms with Crippen LogP contribution in [0.1, 0.15) is 48.9 Å². The Balaban J connectivity index is 1.51. The summed E-state index contributed by atoms with van der Waals surface area (Å²) in [5, 5.41) is 0. The summed E-state index contributed by atoms with van der Waals surface area (Å²) in [6, 6.07) is 9.66. The van der Waals surface area contributed by atoms with E-state index >= 15 is 0 Å². The number of nitrogens with zero attached hydrogens (tertiary/aromatic N) is 3. The summed E-state index contributed by atoms with van der Waals surface area (Å²) in [6.07, 6.45) is 9.30. The number of ether oxygens (including phenoxy) is 1. The van der Waals surface area contributed by atoms with Gasteiger partial charge in [-0.25, -0.2) is 9.97 Å². The molecule has 0 unspecified atom stereocenters. The molecule has 148 valence electrons. The first-order valence-electron chi connectivity index (χ1n) is 10.3. The number of rotatable bonds is 4. The molecule has 2 fully saturated rings. The zero-order chi connectivity index (χ0) is 19.3. The van der Waals surface area contributed by atoms with Crippen LogP contribution in [0.25, 0.3) is 11.3 Å². The standard InChI is InChI=1S/C22H28N4O2/c23-22-24-14-19(20(25-22)17-9-5-2-6-10-17)21(27)26-11-12-28-18(15-26)13-16-7-3-1-4-8-16/h2,5-6,9-10,14,16,18H,1,3-4,7-8,11-13,15H2,(H2,23,24,25)/t18-/m0/s1. The maximum absolute atomic E-state index is 13.3. The molecule has 1 aromatic carbocycles. The van der Waals surface area contributed by atoms with Gasteiger partial charge in [-0.15, -0.1) is 0 Å². The van der Waals surface area contributed by atoms with Crippen LogP contribution in [0.5, 0.6) is 0 Å². The number of morpholine rings is 1. The van der Waals surface area contributed by atoms with Crippen LogP contribution in [-0.4, -0.2) is 46.6 Å². The van der Waals surface area contributed by atoms with E-state index in [1.54, 1.807) is 6.20 Å². The molecule has 6 heteroatoms. The lowest BCUT2D eigenvalue weighted by Crippen LogP contribution is -2.46. The van der Waals surface area contributed by atoms with Gasteiger partial charge in [-0.05, 0) is 12.3 Å². The molecular formula is C22H28N4O2. The van der Waals surface area contributed by atoms with E-state index in [0.717, 1.165) is 17.9 Å². The lowest BCUT2D eigenvalue weighted by Gasteiger charge is -2.35. The first-order valence-corrected chi connectivity index (χ1v) is 10.3. The van der Waals surface area contributed by atoms with E-state index in [4.69, 9.17) is 10.5 Å². The SMILES string of the molecule is Nc1ncc(C(=O)N2CCO[C@@H](CC3CCCCC3)C2)c(-c2ccccc2)n1. The molecule has 28 heavy (non-hydrogen) atoms. The average molecular weight is 380 g/mol. The van der Waals surface area contributed by atoms with Crippen LogP contribution in [0.3, 0.4) is 0 Å². The number of carbonyl (C=O) groups excluding carboxylic acids is 1. The molecule has 2 aliphatic rings. The second-order valence-corrected chi connectivity index (χ2v) is 7.84. The van der Waals surface area contributed by atoms with E-state index in [9.17, 15) is 4.79 Å². The number of aromatic nitrogens is 2. The van der Waals surface area contributed by atoms with Crippen molar-refractivity contribution in [2.45, 2.75) is 44.6 Å². The fourth-order valence-corrected chi connectivity index (χ4v) is 4.38. The number of amides is 1. The highest BCUT2D eigenvalue weighted by Gasteiger charge is 2.29. The normalized spacial score (nSPS) is 20.9. The van der Waals surface area contributed by atoms with Crippen molar-refractivity contribution in [3.8, 4) is 11.3 Å². The summed E-state index contributed by atoms with van der Waals surface area (Å²) in [6.45, 7) is 1.81. The Kier molecular flexibility index (Phi) is 5.86. The van der Waals surface area contributed by atoms with E-state index in [1.807, 2.05) is 35.2 Å². The minimum atomic E-state index is -0.0456. The second-order valence-electron chi connectivity index (χ2n) is 7.84. The minimum Gasteiger partial charge on any atom is -0.375 e. The van der Waals surface area contributed by atoms with Crippen LogP contribution in [0.2, 0.25) is 0 Å². The van der Waals surface area contributed by atoms with E-state index in [2.05, 4.69) is 9.97 Å². The number of benzene rings is 1. The van der Waals surface area contributed by atoms with E-state index in [1.165, 1.54) is 32.1 Å². The Morgan fingerprint density at radius 3 is 2.75 bits per heavy atom. The van der Waals surface area contributed by atoms with Crippen LogP contribution >= 0.6 is 0 Å². The zero-order valence-corrected chi connectivity index (χ0v) is 16.2. The highest BCUT2D eigenvalue weighted by Crippen LogP contribution is 2.29. The third-order valence-corrected chi connectivity index (χ3v) is 5.83. The number of hydrogen-bond donors (Lipinski definition) is 1. The summed E-state index contributed by atoms with van der Waals surface area (Å²) in [5.41, 5.74) is 7.76. The van der Waals surface area contributed by atoms with Gasteiger partial charge in [0.2, 0.25) is 5.95 Å². The summed E-state index contributed by atoms with van der Waals surface area (Å²) >= 11 is 0. The lowest BCUT2D eigenvalue weighted by molar-refractivity contribution is -0.0337. The van der Waals surface area contributed by atoms with E-state index in [0.29, 0.717) is 31.0 Å². The third kappa shape index (κ3) is 4.33. The van der Waals surface area contributed by atoms with E-state index in [-0.39, 0.29) is 18.0 Å². The Morgan fingerprint density at radius 1 is 1.18 bits per heavy atom. The van der Waals surface area contributed by atoms with Crippen LogP contribution in [0.15, 0.2) is 36.5 Å². The number of nitrogen functional groups attached to an aromatic ring is 1. The first-order chi connectivity index (χ1) is 13.7. The first kappa shape index (κ1) is 18.9. The van der Waals surface area contributed by atoms with Gasteiger partial charge in [0, 0.05) is 24.8 Å². The summed E-state index contributed by atoms with van der Waals surface area (Å²) in [5.74, 6) is 0.858. The van der Waals surface area contributed by atoms with Gasteiger partial charge in [0.25, 0.3) is 5.91 Å². The van der Waals surface area contributed by atoms with Crippen LogP contribution in [-0.2, 0) is 4.74 Å². The predicted molar refractivity (Wildman–Crippen MR) is 109 cm³/mol. The monoisotopic (exact) mass is 380 g/mol. The van der Waals surface area contributed by atoms with Gasteiger partial charge < -0.3 is 15.4 Å². The lowest BCUT2D eigenvalue weighted by atomic mass is 9.85. The van der Waals surface area contributed by atoms with Crippen LogP contribution in [0, 0.1) is 5.92 Å². The Hall–Kier alpha value is -2.47. The molecule has 0 bridgehead atoms. The summed E-state index contributed by atoms with van der Waals surface area (Å²) in [4.78, 5) is 23.6. The minimum absolute atomic E-state index is 0.0456. The predicted octanol–water partition coefficient (Wildman–Crippen LogP) is 3.54. The van der Waals surface area contributed by atoms with Gasteiger partial charge in [0.1, 0.15) is 0 Å². The molecule has 1 saturated carbocycles. The van der Waals surface area contributed by atoms with Crippen LogP contribution in [0.4, 0.5) is 5.95 Å². The van der Waals surface area contributed by atoms with Crippen molar-refractivity contribution in [2.75, 3.05) is 25.4 Å². The third-order valence-electron chi connectivity index (χ3n) is 5.83. The van der Waals surface area contributed by atoms with E-state index < -0.39 is 0 Å². The largest absolute Gasteiger partial charge is 0.375 e. The molecule has 2 aromatic rings. The van der Waals surface area contributed by atoms with Gasteiger partial charge in [-0.2, -0.15) is 0 Å². The maximum atomic E-state index is 13.3. The van der Waals surface area contributed by atoms with Gasteiger partial charge in [-0.3, -0.25) is 4.79 Å². The van der Waals surface area contributed by atoms with Crippen molar-refractivity contribution in [2.24, 2.45) is 5.92 Å². The Bertz CT molecular complexity index is 805. The molecule has 1 amide bonds. The number of carbonyl (C=O) groups is 1. The number of hydrogen-bond acceptors (Lipinski definition) is 5. The molecule has 6 nitrogen and oxygen atoms in total. The number of nitrogens with two attached hydrogens (primary N) is 1. The topological polar surface area (TPSA) is 81.3 Å².